The smallest absolute Gasteiger partial charge is 0.0625 e. The fourth-order valence-corrected chi connectivity index (χ4v) is 3.20. The van der Waals surface area contributed by atoms with E-state index in [2.05, 4.69) is 18.7 Å². The average Bonchev–Trinajstić information content (AvgIpc) is 2.28. The molecule has 0 aliphatic heterocycles. The van der Waals surface area contributed by atoms with Gasteiger partial charge in [0, 0.05) is 23.7 Å². The van der Waals surface area contributed by atoms with Gasteiger partial charge in [-0.05, 0) is 19.3 Å². The van der Waals surface area contributed by atoms with E-state index in [4.69, 9.17) is 10.5 Å². The Labute approximate surface area is 98.3 Å². The van der Waals surface area contributed by atoms with Crippen molar-refractivity contribution in [2.75, 3.05) is 19.0 Å². The van der Waals surface area contributed by atoms with Crippen molar-refractivity contribution in [1.29, 1.82) is 0 Å². The maximum absolute atomic E-state index is 5.99. The Morgan fingerprint density at radius 3 is 2.73 bits per heavy atom. The van der Waals surface area contributed by atoms with Crippen LogP contribution in [0.15, 0.2) is 0 Å². The predicted octanol–water partition coefficient (Wildman–Crippen LogP) is 2.81. The fraction of sp³-hybridized carbons (Fsp3) is 1.00. The number of ether oxygens (including phenoxy) is 1. The largest absolute Gasteiger partial charge is 0.380 e. The van der Waals surface area contributed by atoms with Crippen LogP contribution in [0.2, 0.25) is 0 Å². The number of rotatable bonds is 7. The highest BCUT2D eigenvalue weighted by molar-refractivity contribution is 7.99. The molecular weight excluding hydrogens is 206 g/mol. The molecule has 1 unspecified atom stereocenters. The molecule has 0 radical (unpaired) electrons. The van der Waals surface area contributed by atoms with E-state index in [0.717, 1.165) is 30.6 Å². The summed E-state index contributed by atoms with van der Waals surface area (Å²) in [5.41, 5.74) is 5.99. The summed E-state index contributed by atoms with van der Waals surface area (Å²) >= 11 is 2.06. The summed E-state index contributed by atoms with van der Waals surface area (Å²) in [7, 11) is 0. The van der Waals surface area contributed by atoms with Crippen molar-refractivity contribution >= 4 is 11.8 Å². The quantitative estimate of drug-likeness (QED) is 0.684. The molecular formula is C12H25NOS. The summed E-state index contributed by atoms with van der Waals surface area (Å²) in [6, 6.07) is 0.225. The lowest BCUT2D eigenvalue weighted by Gasteiger charge is -2.22. The summed E-state index contributed by atoms with van der Waals surface area (Å²) in [4.78, 5) is 0. The Balaban J connectivity index is 1.97. The summed E-state index contributed by atoms with van der Waals surface area (Å²) in [5, 5.41) is 0.871. The van der Waals surface area contributed by atoms with Gasteiger partial charge in [-0.15, -0.1) is 0 Å². The van der Waals surface area contributed by atoms with Gasteiger partial charge < -0.3 is 10.5 Å². The van der Waals surface area contributed by atoms with Crippen LogP contribution in [0.3, 0.4) is 0 Å². The molecule has 0 aromatic heterocycles. The molecule has 2 nitrogen and oxygen atoms in total. The average molecular weight is 231 g/mol. The minimum absolute atomic E-state index is 0.225. The fourth-order valence-electron chi connectivity index (χ4n) is 1.92. The van der Waals surface area contributed by atoms with Gasteiger partial charge in [-0.3, -0.25) is 0 Å². The van der Waals surface area contributed by atoms with E-state index in [1.54, 1.807) is 0 Å². The summed E-state index contributed by atoms with van der Waals surface area (Å²) in [6.07, 6.45) is 8.14. The second kappa shape index (κ2) is 8.43. The minimum atomic E-state index is 0.225. The highest BCUT2D eigenvalue weighted by Crippen LogP contribution is 2.28. The zero-order valence-corrected chi connectivity index (χ0v) is 10.7. The molecule has 0 heterocycles. The van der Waals surface area contributed by atoms with Gasteiger partial charge >= 0.3 is 0 Å². The third-order valence-corrected chi connectivity index (χ3v) is 4.34. The first-order valence-electron chi connectivity index (χ1n) is 6.28. The first-order chi connectivity index (χ1) is 7.33. The lowest BCUT2D eigenvalue weighted by molar-refractivity contribution is 0.126. The van der Waals surface area contributed by atoms with Crippen molar-refractivity contribution in [3.63, 3.8) is 0 Å². The van der Waals surface area contributed by atoms with Crippen LogP contribution in [0, 0.1) is 0 Å². The normalized spacial score (nSPS) is 20.4. The van der Waals surface area contributed by atoms with Gasteiger partial charge in [-0.2, -0.15) is 11.8 Å². The molecule has 0 amide bonds. The van der Waals surface area contributed by atoms with Gasteiger partial charge in [0.05, 0.1) is 6.61 Å². The topological polar surface area (TPSA) is 35.2 Å². The van der Waals surface area contributed by atoms with Crippen molar-refractivity contribution in [2.24, 2.45) is 5.73 Å². The van der Waals surface area contributed by atoms with Gasteiger partial charge in [0.1, 0.15) is 0 Å². The maximum atomic E-state index is 5.99. The molecule has 0 saturated heterocycles. The van der Waals surface area contributed by atoms with E-state index < -0.39 is 0 Å². The Hall–Kier alpha value is 0.270. The van der Waals surface area contributed by atoms with E-state index in [9.17, 15) is 0 Å². The van der Waals surface area contributed by atoms with Crippen LogP contribution in [0.5, 0.6) is 0 Å². The van der Waals surface area contributed by atoms with Crippen molar-refractivity contribution in [1.82, 2.24) is 0 Å². The molecule has 1 rings (SSSR count). The van der Waals surface area contributed by atoms with Crippen LogP contribution in [0.4, 0.5) is 0 Å². The molecule has 0 aromatic carbocycles. The van der Waals surface area contributed by atoms with E-state index in [1.165, 1.54) is 32.1 Å². The second-order valence-electron chi connectivity index (χ2n) is 4.43. The molecule has 1 atom stereocenters. The van der Waals surface area contributed by atoms with Crippen LogP contribution in [0.25, 0.3) is 0 Å². The molecule has 15 heavy (non-hydrogen) atoms. The summed E-state index contributed by atoms with van der Waals surface area (Å²) < 4.78 is 5.45. The van der Waals surface area contributed by atoms with Crippen molar-refractivity contribution in [3.05, 3.63) is 0 Å². The molecule has 0 spiro atoms. The van der Waals surface area contributed by atoms with Gasteiger partial charge in [0.2, 0.25) is 0 Å². The maximum Gasteiger partial charge on any atom is 0.0625 e. The van der Waals surface area contributed by atoms with E-state index in [-0.39, 0.29) is 6.04 Å². The molecule has 0 aromatic rings. The molecule has 1 aliphatic rings. The Morgan fingerprint density at radius 2 is 2.07 bits per heavy atom. The molecule has 1 saturated carbocycles. The SMILES string of the molecule is CCCOCC(N)CSC1CCCCC1. The summed E-state index contributed by atoms with van der Waals surface area (Å²) in [5.74, 6) is 1.06. The minimum Gasteiger partial charge on any atom is -0.380 e. The Morgan fingerprint density at radius 1 is 1.33 bits per heavy atom. The van der Waals surface area contributed by atoms with Crippen LogP contribution >= 0.6 is 11.8 Å². The molecule has 1 fully saturated rings. The molecule has 0 bridgehead atoms. The third kappa shape index (κ3) is 6.44. The lowest BCUT2D eigenvalue weighted by atomic mass is 10.0. The van der Waals surface area contributed by atoms with E-state index >= 15 is 0 Å². The van der Waals surface area contributed by atoms with Gasteiger partial charge in [0.15, 0.2) is 0 Å². The van der Waals surface area contributed by atoms with E-state index in [0.29, 0.717) is 0 Å². The standard InChI is InChI=1S/C12H25NOS/c1-2-8-14-9-11(13)10-15-12-6-4-3-5-7-12/h11-12H,2-10,13H2,1H3. The third-order valence-electron chi connectivity index (χ3n) is 2.78. The van der Waals surface area contributed by atoms with Crippen LogP contribution in [-0.2, 0) is 4.74 Å². The monoisotopic (exact) mass is 231 g/mol. The number of hydrogen-bond donors (Lipinski definition) is 1. The molecule has 2 N–H and O–H groups in total. The number of thioether (sulfide) groups is 1. The number of nitrogens with two attached hydrogens (primary N) is 1. The van der Waals surface area contributed by atoms with Crippen molar-refractivity contribution in [2.45, 2.75) is 56.7 Å². The zero-order chi connectivity index (χ0) is 10.9. The van der Waals surface area contributed by atoms with E-state index in [1.807, 2.05) is 0 Å². The number of hydrogen-bond acceptors (Lipinski definition) is 3. The summed E-state index contributed by atoms with van der Waals surface area (Å²) in [6.45, 7) is 3.71. The first kappa shape index (κ1) is 13.3. The molecule has 90 valence electrons. The van der Waals surface area contributed by atoms with Gasteiger partial charge in [-0.1, -0.05) is 26.2 Å². The van der Waals surface area contributed by atoms with Crippen molar-refractivity contribution < 1.29 is 4.74 Å². The first-order valence-corrected chi connectivity index (χ1v) is 7.32. The Bertz CT molecular complexity index is 149. The lowest BCUT2D eigenvalue weighted by Crippen LogP contribution is -2.30. The molecule has 1 aliphatic carbocycles. The predicted molar refractivity (Wildman–Crippen MR) is 68.4 cm³/mol. The van der Waals surface area contributed by atoms with Crippen LogP contribution in [0.1, 0.15) is 45.4 Å². The Kier molecular flexibility index (Phi) is 7.49. The van der Waals surface area contributed by atoms with Crippen molar-refractivity contribution in [3.8, 4) is 0 Å². The van der Waals surface area contributed by atoms with Crippen LogP contribution < -0.4 is 5.73 Å². The van der Waals surface area contributed by atoms with Crippen LogP contribution in [-0.4, -0.2) is 30.3 Å². The zero-order valence-electron chi connectivity index (χ0n) is 9.91. The molecule has 3 heteroatoms. The van der Waals surface area contributed by atoms with Gasteiger partial charge in [0.25, 0.3) is 0 Å². The van der Waals surface area contributed by atoms with Gasteiger partial charge in [-0.25, -0.2) is 0 Å². The highest BCUT2D eigenvalue weighted by Gasteiger charge is 2.14. The second-order valence-corrected chi connectivity index (χ2v) is 5.76. The highest BCUT2D eigenvalue weighted by atomic mass is 32.2.